The Hall–Kier alpha value is -2.24. The summed E-state index contributed by atoms with van der Waals surface area (Å²) in [5.74, 6) is 0.895. The molecule has 1 unspecified atom stereocenters. The molecule has 2 aromatic carbocycles. The van der Waals surface area contributed by atoms with Crippen molar-refractivity contribution in [3.05, 3.63) is 65.4 Å². The molecule has 1 atom stereocenters. The lowest BCUT2D eigenvalue weighted by Gasteiger charge is -2.32. The summed E-state index contributed by atoms with van der Waals surface area (Å²) in [4.78, 5) is 2.48. The van der Waals surface area contributed by atoms with E-state index in [-0.39, 0.29) is 0 Å². The van der Waals surface area contributed by atoms with E-state index in [2.05, 4.69) is 40.7 Å². The van der Waals surface area contributed by atoms with Crippen LogP contribution < -0.4 is 0 Å². The molecule has 1 aliphatic heterocycles. The van der Waals surface area contributed by atoms with Crippen LogP contribution in [0.1, 0.15) is 26.2 Å². The fraction of sp³-hybridized carbons (Fsp3) is 0.333. The molecular weight excluding hydrogens is 340 g/mol. The van der Waals surface area contributed by atoms with Gasteiger partial charge in [-0.3, -0.25) is 9.47 Å². The zero-order valence-corrected chi connectivity index (χ0v) is 15.9. The first-order valence-corrected chi connectivity index (χ1v) is 9.69. The third kappa shape index (κ3) is 3.37. The first-order chi connectivity index (χ1) is 12.7. The molecule has 1 aliphatic rings. The molecule has 2 heterocycles. The van der Waals surface area contributed by atoms with Crippen molar-refractivity contribution in [2.45, 2.75) is 38.9 Å². The van der Waals surface area contributed by atoms with Crippen LogP contribution in [0, 0.1) is 4.77 Å². The minimum Gasteiger partial charge on any atom is -0.282 e. The van der Waals surface area contributed by atoms with Crippen LogP contribution in [0.15, 0.2) is 60.7 Å². The molecule has 26 heavy (non-hydrogen) atoms. The number of aromatic nitrogens is 3. The monoisotopic (exact) mass is 364 g/mol. The number of hydrogen-bond acceptors (Lipinski definition) is 3. The summed E-state index contributed by atoms with van der Waals surface area (Å²) in [6.45, 7) is 4.16. The Labute approximate surface area is 159 Å². The van der Waals surface area contributed by atoms with Crippen LogP contribution in [-0.4, -0.2) is 31.8 Å². The SMILES string of the molecule is CC1CCCCN1Cn1nc(-c2ccccc2)n(-c2ccccc2)c1=S. The van der Waals surface area contributed by atoms with E-state index < -0.39 is 0 Å². The minimum atomic E-state index is 0.577. The Morgan fingerprint density at radius 1 is 1.00 bits per heavy atom. The number of hydrogen-bond donors (Lipinski definition) is 0. The fourth-order valence-electron chi connectivity index (χ4n) is 3.62. The quantitative estimate of drug-likeness (QED) is 0.616. The highest BCUT2D eigenvalue weighted by molar-refractivity contribution is 7.71. The summed E-state index contributed by atoms with van der Waals surface area (Å²) in [5.41, 5.74) is 2.13. The third-order valence-corrected chi connectivity index (χ3v) is 5.54. The second-order valence-corrected chi connectivity index (χ2v) is 7.31. The standard InChI is InChI=1S/C21H24N4S/c1-17-10-8-9-15-23(17)16-24-21(26)25(19-13-6-3-7-14-19)20(22-24)18-11-4-2-5-12-18/h2-7,11-14,17H,8-10,15-16H2,1H3. The molecule has 0 saturated carbocycles. The van der Waals surface area contributed by atoms with Gasteiger partial charge < -0.3 is 0 Å². The zero-order valence-electron chi connectivity index (χ0n) is 15.1. The molecular formula is C21H24N4S. The fourth-order valence-corrected chi connectivity index (χ4v) is 3.91. The van der Waals surface area contributed by atoms with E-state index >= 15 is 0 Å². The molecule has 4 nitrogen and oxygen atoms in total. The van der Waals surface area contributed by atoms with Crippen molar-refractivity contribution in [2.75, 3.05) is 6.54 Å². The maximum Gasteiger partial charge on any atom is 0.204 e. The largest absolute Gasteiger partial charge is 0.282 e. The Morgan fingerprint density at radius 2 is 1.69 bits per heavy atom. The molecule has 0 amide bonds. The van der Waals surface area contributed by atoms with Gasteiger partial charge in [0.05, 0.1) is 6.67 Å². The van der Waals surface area contributed by atoms with Crippen molar-refractivity contribution < 1.29 is 0 Å². The van der Waals surface area contributed by atoms with Crippen molar-refractivity contribution in [3.63, 3.8) is 0 Å². The molecule has 1 saturated heterocycles. The van der Waals surface area contributed by atoms with Crippen LogP contribution in [-0.2, 0) is 6.67 Å². The lowest BCUT2D eigenvalue weighted by atomic mass is 10.0. The highest BCUT2D eigenvalue weighted by Gasteiger charge is 2.21. The van der Waals surface area contributed by atoms with Gasteiger partial charge in [-0.2, -0.15) is 0 Å². The van der Waals surface area contributed by atoms with E-state index in [0.29, 0.717) is 6.04 Å². The molecule has 1 aromatic heterocycles. The lowest BCUT2D eigenvalue weighted by Crippen LogP contribution is -2.38. The number of nitrogens with zero attached hydrogens (tertiary/aromatic N) is 4. The van der Waals surface area contributed by atoms with Gasteiger partial charge in [-0.15, -0.1) is 5.10 Å². The van der Waals surface area contributed by atoms with Gasteiger partial charge in [-0.05, 0) is 44.1 Å². The molecule has 0 N–H and O–H groups in total. The van der Waals surface area contributed by atoms with Gasteiger partial charge in [0.15, 0.2) is 5.82 Å². The Kier molecular flexibility index (Phi) is 5.00. The second-order valence-electron chi connectivity index (χ2n) is 6.94. The van der Waals surface area contributed by atoms with Crippen molar-refractivity contribution in [1.29, 1.82) is 0 Å². The first-order valence-electron chi connectivity index (χ1n) is 9.29. The van der Waals surface area contributed by atoms with Crippen LogP contribution >= 0.6 is 12.2 Å². The third-order valence-electron chi connectivity index (χ3n) is 5.14. The topological polar surface area (TPSA) is 26.0 Å². The van der Waals surface area contributed by atoms with E-state index in [4.69, 9.17) is 17.3 Å². The van der Waals surface area contributed by atoms with Crippen LogP contribution in [0.4, 0.5) is 0 Å². The summed E-state index contributed by atoms with van der Waals surface area (Å²) >= 11 is 5.84. The predicted octanol–water partition coefficient (Wildman–Crippen LogP) is 4.90. The van der Waals surface area contributed by atoms with Crippen molar-refractivity contribution in [2.24, 2.45) is 0 Å². The average Bonchev–Trinajstić information content (AvgIpc) is 3.01. The average molecular weight is 365 g/mol. The molecule has 0 spiro atoms. The Bertz CT molecular complexity index is 914. The molecule has 1 fully saturated rings. The van der Waals surface area contributed by atoms with E-state index in [1.807, 2.05) is 41.1 Å². The number of benzene rings is 2. The predicted molar refractivity (Wildman–Crippen MR) is 108 cm³/mol. The molecule has 3 aromatic rings. The van der Waals surface area contributed by atoms with Gasteiger partial charge in [0.25, 0.3) is 0 Å². The van der Waals surface area contributed by atoms with Gasteiger partial charge in [0, 0.05) is 23.8 Å². The first kappa shape index (κ1) is 17.2. The molecule has 0 aliphatic carbocycles. The van der Waals surface area contributed by atoms with E-state index in [0.717, 1.165) is 35.1 Å². The Morgan fingerprint density at radius 3 is 2.38 bits per heavy atom. The highest BCUT2D eigenvalue weighted by Crippen LogP contribution is 2.24. The summed E-state index contributed by atoms with van der Waals surface area (Å²) in [6, 6.07) is 21.1. The van der Waals surface area contributed by atoms with Crippen LogP contribution in [0.3, 0.4) is 0 Å². The molecule has 0 bridgehead atoms. The van der Waals surface area contributed by atoms with E-state index in [1.54, 1.807) is 0 Å². The maximum absolute atomic E-state index is 5.84. The van der Waals surface area contributed by atoms with E-state index in [1.165, 1.54) is 19.3 Å². The zero-order chi connectivity index (χ0) is 17.9. The number of likely N-dealkylation sites (tertiary alicyclic amines) is 1. The van der Waals surface area contributed by atoms with Crippen LogP contribution in [0.5, 0.6) is 0 Å². The van der Waals surface area contributed by atoms with Gasteiger partial charge in [-0.1, -0.05) is 55.0 Å². The minimum absolute atomic E-state index is 0.577. The van der Waals surface area contributed by atoms with Crippen molar-refractivity contribution in [1.82, 2.24) is 19.2 Å². The molecule has 5 heteroatoms. The van der Waals surface area contributed by atoms with E-state index in [9.17, 15) is 0 Å². The summed E-state index contributed by atoms with van der Waals surface area (Å²) < 4.78 is 4.80. The van der Waals surface area contributed by atoms with Gasteiger partial charge in [0.2, 0.25) is 4.77 Å². The van der Waals surface area contributed by atoms with Crippen molar-refractivity contribution in [3.8, 4) is 17.1 Å². The second kappa shape index (κ2) is 7.56. The van der Waals surface area contributed by atoms with Gasteiger partial charge in [0.1, 0.15) is 0 Å². The molecule has 4 rings (SSSR count). The van der Waals surface area contributed by atoms with Gasteiger partial charge >= 0.3 is 0 Å². The summed E-state index contributed by atoms with van der Waals surface area (Å²) in [7, 11) is 0. The Balaban J connectivity index is 1.79. The number of rotatable bonds is 4. The van der Waals surface area contributed by atoms with Crippen LogP contribution in [0.25, 0.3) is 17.1 Å². The molecule has 0 radical (unpaired) electrons. The van der Waals surface area contributed by atoms with Crippen molar-refractivity contribution >= 4 is 12.2 Å². The summed E-state index contributed by atoms with van der Waals surface area (Å²) in [5, 5.41) is 4.92. The normalized spacial score (nSPS) is 18.1. The summed E-state index contributed by atoms with van der Waals surface area (Å²) in [6.07, 6.45) is 3.82. The number of piperidine rings is 1. The smallest absolute Gasteiger partial charge is 0.204 e. The van der Waals surface area contributed by atoms with Crippen LogP contribution in [0.2, 0.25) is 0 Å². The maximum atomic E-state index is 5.84. The molecule has 134 valence electrons. The lowest BCUT2D eigenvalue weighted by molar-refractivity contribution is 0.114. The highest BCUT2D eigenvalue weighted by atomic mass is 32.1. The number of para-hydroxylation sites is 1. The van der Waals surface area contributed by atoms with Gasteiger partial charge in [-0.25, -0.2) is 4.68 Å².